The smallest absolute Gasteiger partial charge is 0.407 e. The van der Waals surface area contributed by atoms with E-state index in [2.05, 4.69) is 16.6 Å². The zero-order valence-electron chi connectivity index (χ0n) is 7.78. The number of carboxylic acid groups (broad SMARTS) is 1. The van der Waals surface area contributed by atoms with Gasteiger partial charge in [-0.3, -0.25) is 4.79 Å². The second-order valence-corrected chi connectivity index (χ2v) is 3.33. The third-order valence-corrected chi connectivity index (χ3v) is 2.21. The average Bonchev–Trinajstić information content (AvgIpc) is 2.92. The summed E-state index contributed by atoms with van der Waals surface area (Å²) in [7, 11) is 0. The molecular formula is C9H13NO4. The molecule has 1 aliphatic rings. The molecule has 1 rings (SSSR count). The minimum absolute atomic E-state index is 0.131. The number of carbonyl (C=O) groups is 2. The number of hydrogen-bond donors (Lipinski definition) is 2. The van der Waals surface area contributed by atoms with Gasteiger partial charge in [-0.15, -0.1) is 0 Å². The highest BCUT2D eigenvalue weighted by Crippen LogP contribution is 2.45. The molecule has 1 fully saturated rings. The van der Waals surface area contributed by atoms with Crippen LogP contribution in [0.1, 0.15) is 12.8 Å². The van der Waals surface area contributed by atoms with Crippen molar-refractivity contribution >= 4 is 12.1 Å². The molecule has 1 amide bonds. The molecule has 1 saturated carbocycles. The number of hydrogen-bond acceptors (Lipinski definition) is 3. The molecule has 0 spiro atoms. The van der Waals surface area contributed by atoms with Gasteiger partial charge in [-0.2, -0.15) is 0 Å². The van der Waals surface area contributed by atoms with Crippen LogP contribution in [0.3, 0.4) is 0 Å². The molecule has 78 valence electrons. The first kappa shape index (κ1) is 10.6. The molecule has 0 aromatic carbocycles. The highest BCUT2D eigenvalue weighted by Gasteiger charge is 2.50. The average molecular weight is 199 g/mol. The fourth-order valence-electron chi connectivity index (χ4n) is 1.04. The van der Waals surface area contributed by atoms with E-state index in [4.69, 9.17) is 5.11 Å². The summed E-state index contributed by atoms with van der Waals surface area (Å²) in [6, 6.07) is 0. The van der Waals surface area contributed by atoms with Gasteiger partial charge in [-0.1, -0.05) is 12.7 Å². The van der Waals surface area contributed by atoms with Gasteiger partial charge >= 0.3 is 12.1 Å². The molecule has 0 radical (unpaired) electrons. The number of alkyl carbamates (subject to hydrolysis) is 1. The summed E-state index contributed by atoms with van der Waals surface area (Å²) in [6.45, 7) is 3.65. The second-order valence-electron chi connectivity index (χ2n) is 3.33. The first-order chi connectivity index (χ1) is 6.60. The summed E-state index contributed by atoms with van der Waals surface area (Å²) in [5.74, 6) is -0.860. The fourth-order valence-corrected chi connectivity index (χ4v) is 1.04. The summed E-state index contributed by atoms with van der Waals surface area (Å²) < 4.78 is 4.63. The molecule has 0 aromatic heterocycles. The highest BCUT2D eigenvalue weighted by atomic mass is 16.5. The van der Waals surface area contributed by atoms with Gasteiger partial charge in [0.15, 0.2) is 0 Å². The predicted molar refractivity (Wildman–Crippen MR) is 48.9 cm³/mol. The van der Waals surface area contributed by atoms with Crippen molar-refractivity contribution < 1.29 is 19.4 Å². The third kappa shape index (κ3) is 2.48. The molecule has 0 aliphatic heterocycles. The number of carboxylic acids is 1. The maximum Gasteiger partial charge on any atom is 0.407 e. The molecule has 1 aliphatic carbocycles. The number of nitrogens with one attached hydrogen (secondary N) is 1. The molecule has 0 unspecified atom stereocenters. The highest BCUT2D eigenvalue weighted by molar-refractivity contribution is 5.79. The van der Waals surface area contributed by atoms with E-state index >= 15 is 0 Å². The van der Waals surface area contributed by atoms with Crippen molar-refractivity contribution in [2.75, 3.05) is 13.2 Å². The van der Waals surface area contributed by atoms with Gasteiger partial charge in [0, 0.05) is 6.54 Å². The number of aliphatic carboxylic acids is 1. The molecule has 0 saturated heterocycles. The van der Waals surface area contributed by atoms with Crippen LogP contribution in [0.15, 0.2) is 12.7 Å². The van der Waals surface area contributed by atoms with Crippen LogP contribution in [-0.2, 0) is 9.53 Å². The second kappa shape index (κ2) is 4.13. The minimum atomic E-state index is -0.860. The Hall–Kier alpha value is -1.52. The summed E-state index contributed by atoms with van der Waals surface area (Å²) >= 11 is 0. The Balaban J connectivity index is 2.23. The van der Waals surface area contributed by atoms with Crippen molar-refractivity contribution in [2.45, 2.75) is 12.8 Å². The molecule has 14 heavy (non-hydrogen) atoms. The van der Waals surface area contributed by atoms with E-state index in [1.54, 1.807) is 0 Å². The zero-order valence-corrected chi connectivity index (χ0v) is 7.78. The van der Waals surface area contributed by atoms with Crippen LogP contribution in [0.25, 0.3) is 0 Å². The number of ether oxygens (including phenoxy) is 1. The Morgan fingerprint density at radius 1 is 1.57 bits per heavy atom. The summed E-state index contributed by atoms with van der Waals surface area (Å²) in [4.78, 5) is 21.6. The number of carbonyl (C=O) groups excluding carboxylic acids is 1. The van der Waals surface area contributed by atoms with Crippen molar-refractivity contribution in [3.63, 3.8) is 0 Å². The largest absolute Gasteiger partial charge is 0.481 e. The molecule has 0 atom stereocenters. The minimum Gasteiger partial charge on any atom is -0.481 e. The van der Waals surface area contributed by atoms with Crippen molar-refractivity contribution in [2.24, 2.45) is 5.41 Å². The number of amides is 1. The molecule has 0 aromatic rings. The Morgan fingerprint density at radius 2 is 2.21 bits per heavy atom. The maximum atomic E-state index is 10.9. The van der Waals surface area contributed by atoms with Gasteiger partial charge in [0.1, 0.15) is 6.61 Å². The zero-order chi connectivity index (χ0) is 10.6. The van der Waals surface area contributed by atoms with Gasteiger partial charge in [-0.25, -0.2) is 4.79 Å². The van der Waals surface area contributed by atoms with Gasteiger partial charge in [0.25, 0.3) is 0 Å². The molecular weight excluding hydrogens is 186 g/mol. The molecule has 5 heteroatoms. The van der Waals surface area contributed by atoms with Crippen LogP contribution in [0.2, 0.25) is 0 Å². The van der Waals surface area contributed by atoms with Crippen LogP contribution < -0.4 is 5.32 Å². The first-order valence-electron chi connectivity index (χ1n) is 4.36. The lowest BCUT2D eigenvalue weighted by molar-refractivity contribution is -0.143. The van der Waals surface area contributed by atoms with Gasteiger partial charge in [0.2, 0.25) is 0 Å². The quantitative estimate of drug-likeness (QED) is 0.641. The van der Waals surface area contributed by atoms with E-state index in [1.807, 2.05) is 0 Å². The molecule has 0 heterocycles. The van der Waals surface area contributed by atoms with Crippen LogP contribution in [0.5, 0.6) is 0 Å². The van der Waals surface area contributed by atoms with Gasteiger partial charge in [0.05, 0.1) is 5.41 Å². The lowest BCUT2D eigenvalue weighted by Gasteiger charge is -2.10. The normalized spacial score (nSPS) is 16.9. The standard InChI is InChI=1S/C9H13NO4/c1-2-5-14-8(13)10-6-9(3-4-9)7(11)12/h2H,1,3-6H2,(H,10,13)(H,11,12). The Kier molecular flexibility index (Phi) is 3.11. The van der Waals surface area contributed by atoms with Crippen molar-refractivity contribution in [3.8, 4) is 0 Å². The first-order valence-corrected chi connectivity index (χ1v) is 4.36. The Labute approximate surface area is 81.7 Å². The molecule has 2 N–H and O–H groups in total. The number of rotatable bonds is 5. The Bertz CT molecular complexity index is 258. The Morgan fingerprint density at radius 3 is 2.64 bits per heavy atom. The van der Waals surface area contributed by atoms with E-state index in [-0.39, 0.29) is 13.2 Å². The predicted octanol–water partition coefficient (Wildman–Crippen LogP) is 0.763. The topological polar surface area (TPSA) is 75.6 Å². The van der Waals surface area contributed by atoms with Gasteiger partial charge in [-0.05, 0) is 12.8 Å². The van der Waals surface area contributed by atoms with Crippen LogP contribution in [0, 0.1) is 5.41 Å². The van der Waals surface area contributed by atoms with E-state index in [9.17, 15) is 9.59 Å². The van der Waals surface area contributed by atoms with E-state index in [0.29, 0.717) is 12.8 Å². The van der Waals surface area contributed by atoms with Gasteiger partial charge < -0.3 is 15.2 Å². The van der Waals surface area contributed by atoms with Crippen LogP contribution in [-0.4, -0.2) is 30.3 Å². The summed E-state index contributed by atoms with van der Waals surface area (Å²) in [5.41, 5.74) is -0.743. The third-order valence-electron chi connectivity index (χ3n) is 2.21. The maximum absolute atomic E-state index is 10.9. The molecule has 5 nitrogen and oxygen atoms in total. The monoisotopic (exact) mass is 199 g/mol. The van der Waals surface area contributed by atoms with E-state index in [1.165, 1.54) is 6.08 Å². The van der Waals surface area contributed by atoms with Crippen molar-refractivity contribution in [3.05, 3.63) is 12.7 Å². The van der Waals surface area contributed by atoms with Crippen molar-refractivity contribution in [1.82, 2.24) is 5.32 Å². The van der Waals surface area contributed by atoms with Crippen LogP contribution in [0.4, 0.5) is 4.79 Å². The lowest BCUT2D eigenvalue weighted by Crippen LogP contribution is -2.34. The SMILES string of the molecule is C=CCOC(=O)NCC1(C(=O)O)CC1. The lowest BCUT2D eigenvalue weighted by atomic mass is 10.1. The molecule has 0 bridgehead atoms. The summed E-state index contributed by atoms with van der Waals surface area (Å²) in [5, 5.41) is 11.2. The fraction of sp³-hybridized carbons (Fsp3) is 0.556. The summed E-state index contributed by atoms with van der Waals surface area (Å²) in [6.07, 6.45) is 2.08. The van der Waals surface area contributed by atoms with Crippen LogP contribution >= 0.6 is 0 Å². The van der Waals surface area contributed by atoms with Crippen molar-refractivity contribution in [1.29, 1.82) is 0 Å². The van der Waals surface area contributed by atoms with E-state index < -0.39 is 17.5 Å². The van der Waals surface area contributed by atoms with E-state index in [0.717, 1.165) is 0 Å².